The first-order chi connectivity index (χ1) is 9.62. The average molecular weight is 277 g/mol. The SMILES string of the molecule is CNc1cc(Oc2cc(F)ccc2C)nc(COC)n1. The van der Waals surface area contributed by atoms with Crippen LogP contribution in [0.5, 0.6) is 11.6 Å². The molecule has 106 valence electrons. The Balaban J connectivity index is 2.32. The van der Waals surface area contributed by atoms with Gasteiger partial charge >= 0.3 is 0 Å². The van der Waals surface area contributed by atoms with Crippen molar-refractivity contribution in [3.63, 3.8) is 0 Å². The zero-order valence-corrected chi connectivity index (χ0v) is 11.6. The molecule has 1 heterocycles. The molecule has 1 aromatic heterocycles. The highest BCUT2D eigenvalue weighted by Gasteiger charge is 2.08. The molecule has 0 aliphatic rings. The molecule has 0 bridgehead atoms. The molecule has 0 aliphatic carbocycles. The second kappa shape index (κ2) is 6.29. The molecule has 20 heavy (non-hydrogen) atoms. The maximum atomic E-state index is 13.3. The van der Waals surface area contributed by atoms with Gasteiger partial charge in [-0.2, -0.15) is 4.98 Å². The predicted molar refractivity (Wildman–Crippen MR) is 73.5 cm³/mol. The standard InChI is InChI=1S/C14H16FN3O2/c1-9-4-5-10(15)6-11(9)20-14-7-12(16-2)17-13(18-14)8-19-3/h4-7H,8H2,1-3H3,(H,16,17,18). The van der Waals surface area contributed by atoms with Gasteiger partial charge in [-0.1, -0.05) is 6.07 Å². The van der Waals surface area contributed by atoms with E-state index in [1.54, 1.807) is 26.3 Å². The summed E-state index contributed by atoms with van der Waals surface area (Å²) in [6.07, 6.45) is 0. The van der Waals surface area contributed by atoms with Crippen LogP contribution in [-0.2, 0) is 11.3 Å². The van der Waals surface area contributed by atoms with Gasteiger partial charge in [0.25, 0.3) is 0 Å². The molecule has 2 rings (SSSR count). The Morgan fingerprint density at radius 2 is 2.05 bits per heavy atom. The van der Waals surface area contributed by atoms with Crippen LogP contribution in [-0.4, -0.2) is 24.1 Å². The van der Waals surface area contributed by atoms with Crippen LogP contribution in [0.2, 0.25) is 0 Å². The molecule has 0 saturated heterocycles. The molecule has 0 unspecified atom stereocenters. The normalized spacial score (nSPS) is 10.4. The molecule has 0 fully saturated rings. The number of benzene rings is 1. The van der Waals surface area contributed by atoms with E-state index in [1.807, 2.05) is 6.92 Å². The van der Waals surface area contributed by atoms with Gasteiger partial charge in [-0.15, -0.1) is 0 Å². The van der Waals surface area contributed by atoms with Crippen LogP contribution in [0, 0.1) is 12.7 Å². The minimum atomic E-state index is -0.356. The summed E-state index contributed by atoms with van der Waals surface area (Å²) in [5, 5.41) is 2.92. The van der Waals surface area contributed by atoms with Gasteiger partial charge in [0.2, 0.25) is 5.88 Å². The smallest absolute Gasteiger partial charge is 0.224 e. The third-order valence-electron chi connectivity index (χ3n) is 2.64. The number of hydrogen-bond donors (Lipinski definition) is 1. The zero-order valence-electron chi connectivity index (χ0n) is 11.6. The van der Waals surface area contributed by atoms with Crippen molar-refractivity contribution >= 4 is 5.82 Å². The number of ether oxygens (including phenoxy) is 2. The van der Waals surface area contributed by atoms with E-state index in [4.69, 9.17) is 9.47 Å². The van der Waals surface area contributed by atoms with Gasteiger partial charge in [-0.05, 0) is 18.6 Å². The van der Waals surface area contributed by atoms with Crippen LogP contribution >= 0.6 is 0 Å². The minimum Gasteiger partial charge on any atom is -0.438 e. The number of hydrogen-bond acceptors (Lipinski definition) is 5. The van der Waals surface area contributed by atoms with Crippen LogP contribution in [0.25, 0.3) is 0 Å². The van der Waals surface area contributed by atoms with Crippen LogP contribution in [0.1, 0.15) is 11.4 Å². The minimum absolute atomic E-state index is 0.272. The lowest BCUT2D eigenvalue weighted by Crippen LogP contribution is -2.03. The first kappa shape index (κ1) is 14.2. The molecule has 0 aliphatic heterocycles. The van der Waals surface area contributed by atoms with Gasteiger partial charge in [-0.3, -0.25) is 0 Å². The summed E-state index contributed by atoms with van der Waals surface area (Å²) in [4.78, 5) is 8.44. The lowest BCUT2D eigenvalue weighted by Gasteiger charge is -2.10. The maximum absolute atomic E-state index is 13.3. The van der Waals surface area contributed by atoms with Crippen molar-refractivity contribution in [3.05, 3.63) is 41.5 Å². The average Bonchev–Trinajstić information content (AvgIpc) is 2.43. The Morgan fingerprint density at radius 3 is 2.75 bits per heavy atom. The second-order valence-electron chi connectivity index (χ2n) is 4.20. The second-order valence-corrected chi connectivity index (χ2v) is 4.20. The Bertz CT molecular complexity index is 605. The van der Waals surface area contributed by atoms with Crippen molar-refractivity contribution in [2.24, 2.45) is 0 Å². The number of anilines is 1. The fourth-order valence-electron chi connectivity index (χ4n) is 1.64. The summed E-state index contributed by atoms with van der Waals surface area (Å²) < 4.78 is 23.9. The van der Waals surface area contributed by atoms with Crippen molar-refractivity contribution < 1.29 is 13.9 Å². The lowest BCUT2D eigenvalue weighted by atomic mass is 10.2. The zero-order chi connectivity index (χ0) is 14.5. The van der Waals surface area contributed by atoms with E-state index in [1.165, 1.54) is 12.1 Å². The summed E-state index contributed by atoms with van der Waals surface area (Å²) >= 11 is 0. The first-order valence-corrected chi connectivity index (χ1v) is 6.11. The van der Waals surface area contributed by atoms with Gasteiger partial charge < -0.3 is 14.8 Å². The van der Waals surface area contributed by atoms with Crippen molar-refractivity contribution in [3.8, 4) is 11.6 Å². The molecular formula is C14H16FN3O2. The number of nitrogens with zero attached hydrogens (tertiary/aromatic N) is 2. The van der Waals surface area contributed by atoms with Crippen LogP contribution in [0.15, 0.2) is 24.3 Å². The van der Waals surface area contributed by atoms with Crippen LogP contribution in [0.4, 0.5) is 10.2 Å². The van der Waals surface area contributed by atoms with Gasteiger partial charge in [0, 0.05) is 26.3 Å². The van der Waals surface area contributed by atoms with E-state index in [0.717, 1.165) is 5.56 Å². The largest absolute Gasteiger partial charge is 0.438 e. The number of aryl methyl sites for hydroxylation is 1. The topological polar surface area (TPSA) is 56.3 Å². The molecule has 5 nitrogen and oxygen atoms in total. The third-order valence-corrected chi connectivity index (χ3v) is 2.64. The molecule has 0 saturated carbocycles. The summed E-state index contributed by atoms with van der Waals surface area (Å²) in [6, 6.07) is 6.01. The van der Waals surface area contributed by atoms with E-state index in [9.17, 15) is 4.39 Å². The molecule has 0 atom stereocenters. The number of rotatable bonds is 5. The molecular weight excluding hydrogens is 261 g/mol. The Labute approximate surface area is 116 Å². The van der Waals surface area contributed by atoms with Gasteiger partial charge in [0.05, 0.1) is 0 Å². The first-order valence-electron chi connectivity index (χ1n) is 6.11. The predicted octanol–water partition coefficient (Wildman–Crippen LogP) is 2.90. The van der Waals surface area contributed by atoms with E-state index in [0.29, 0.717) is 23.3 Å². The number of methoxy groups -OCH3 is 1. The van der Waals surface area contributed by atoms with Gasteiger partial charge in [0.15, 0.2) is 5.82 Å². The Kier molecular flexibility index (Phi) is 4.47. The summed E-state index contributed by atoms with van der Waals surface area (Å²) in [6.45, 7) is 2.11. The molecule has 6 heteroatoms. The van der Waals surface area contributed by atoms with E-state index < -0.39 is 0 Å². The highest BCUT2D eigenvalue weighted by Crippen LogP contribution is 2.25. The van der Waals surface area contributed by atoms with Crippen molar-refractivity contribution in [1.82, 2.24) is 9.97 Å². The van der Waals surface area contributed by atoms with Crippen LogP contribution < -0.4 is 10.1 Å². The highest BCUT2D eigenvalue weighted by atomic mass is 19.1. The fourth-order valence-corrected chi connectivity index (χ4v) is 1.64. The number of halogens is 1. The number of nitrogens with one attached hydrogen (secondary N) is 1. The lowest BCUT2D eigenvalue weighted by molar-refractivity contribution is 0.177. The van der Waals surface area contributed by atoms with E-state index in [-0.39, 0.29) is 12.4 Å². The fraction of sp³-hybridized carbons (Fsp3) is 0.286. The van der Waals surface area contributed by atoms with Crippen molar-refractivity contribution in [1.29, 1.82) is 0 Å². The molecule has 0 amide bonds. The monoisotopic (exact) mass is 277 g/mol. The summed E-state index contributed by atoms with van der Waals surface area (Å²) in [5.74, 6) is 1.50. The molecule has 2 aromatic rings. The summed E-state index contributed by atoms with van der Waals surface area (Å²) in [5.41, 5.74) is 0.823. The summed E-state index contributed by atoms with van der Waals surface area (Å²) in [7, 11) is 3.31. The van der Waals surface area contributed by atoms with Gasteiger partial charge in [-0.25, -0.2) is 9.37 Å². The van der Waals surface area contributed by atoms with Gasteiger partial charge in [0.1, 0.15) is 24.0 Å². The highest BCUT2D eigenvalue weighted by molar-refractivity contribution is 5.41. The molecule has 1 aromatic carbocycles. The van der Waals surface area contributed by atoms with Crippen LogP contribution in [0.3, 0.4) is 0 Å². The third kappa shape index (κ3) is 3.42. The Hall–Kier alpha value is -2.21. The maximum Gasteiger partial charge on any atom is 0.224 e. The van der Waals surface area contributed by atoms with E-state index in [2.05, 4.69) is 15.3 Å². The molecule has 0 radical (unpaired) electrons. The number of aromatic nitrogens is 2. The quantitative estimate of drug-likeness (QED) is 0.910. The van der Waals surface area contributed by atoms with E-state index >= 15 is 0 Å². The molecule has 0 spiro atoms. The van der Waals surface area contributed by atoms with Crippen molar-refractivity contribution in [2.75, 3.05) is 19.5 Å². The Morgan fingerprint density at radius 1 is 1.25 bits per heavy atom. The molecule has 1 N–H and O–H groups in total. The van der Waals surface area contributed by atoms with Crippen molar-refractivity contribution in [2.45, 2.75) is 13.5 Å².